The Balaban J connectivity index is 2.34. The van der Waals surface area contributed by atoms with Crippen molar-refractivity contribution in [3.63, 3.8) is 0 Å². The van der Waals surface area contributed by atoms with Crippen molar-refractivity contribution < 1.29 is 17.9 Å². The maximum Gasteiger partial charge on any atom is 0.262 e. The summed E-state index contributed by atoms with van der Waals surface area (Å²) in [6.45, 7) is 4.20. The smallest absolute Gasteiger partial charge is 0.262 e. The summed E-state index contributed by atoms with van der Waals surface area (Å²) in [6, 6.07) is 9.86. The summed E-state index contributed by atoms with van der Waals surface area (Å²) in [5.41, 5.74) is 1.35. The van der Waals surface area contributed by atoms with Crippen LogP contribution in [0.15, 0.2) is 41.3 Å². The zero-order valence-corrected chi connectivity index (χ0v) is 16.2. The average molecular weight is 384 g/mol. The quantitative estimate of drug-likeness (QED) is 0.754. The van der Waals surface area contributed by atoms with Gasteiger partial charge in [0.05, 0.1) is 29.8 Å². The van der Waals surface area contributed by atoms with E-state index in [1.165, 1.54) is 26.4 Å². The van der Waals surface area contributed by atoms with Gasteiger partial charge in [-0.15, -0.1) is 0 Å². The van der Waals surface area contributed by atoms with Gasteiger partial charge in [-0.1, -0.05) is 37.6 Å². The lowest BCUT2D eigenvalue weighted by atomic mass is 9.99. The number of anilines is 1. The fraction of sp³-hybridized carbons (Fsp3) is 0.333. The van der Waals surface area contributed by atoms with Crippen LogP contribution in [0.1, 0.15) is 31.7 Å². The van der Waals surface area contributed by atoms with Gasteiger partial charge >= 0.3 is 0 Å². The van der Waals surface area contributed by atoms with E-state index in [4.69, 9.17) is 21.1 Å². The Hall–Kier alpha value is -1.92. The molecule has 0 aliphatic rings. The SMILES string of the molecule is CCC(C)c1ccc(S(=O)(=O)Nc2cc(Cl)c(OC)cc2OC)cc1. The number of rotatable bonds is 7. The summed E-state index contributed by atoms with van der Waals surface area (Å²) in [7, 11) is -0.840. The Kier molecular flexibility index (Phi) is 6.19. The normalized spacial score (nSPS) is 12.5. The van der Waals surface area contributed by atoms with Gasteiger partial charge in [0.1, 0.15) is 11.5 Å². The van der Waals surface area contributed by atoms with Crippen molar-refractivity contribution in [2.75, 3.05) is 18.9 Å². The largest absolute Gasteiger partial charge is 0.495 e. The molecular weight excluding hydrogens is 362 g/mol. The Morgan fingerprint density at radius 2 is 1.68 bits per heavy atom. The van der Waals surface area contributed by atoms with Crippen LogP contribution in [0.4, 0.5) is 5.69 Å². The zero-order valence-electron chi connectivity index (χ0n) is 14.7. The summed E-state index contributed by atoms with van der Waals surface area (Å²) in [5.74, 6) is 1.10. The van der Waals surface area contributed by atoms with Gasteiger partial charge in [0.25, 0.3) is 10.0 Å². The van der Waals surface area contributed by atoms with Crippen LogP contribution in [-0.4, -0.2) is 22.6 Å². The van der Waals surface area contributed by atoms with Crippen molar-refractivity contribution in [1.82, 2.24) is 0 Å². The lowest BCUT2D eigenvalue weighted by Crippen LogP contribution is -2.14. The minimum absolute atomic E-state index is 0.175. The molecule has 2 rings (SSSR count). The number of hydrogen-bond acceptors (Lipinski definition) is 4. The van der Waals surface area contributed by atoms with Crippen molar-refractivity contribution >= 4 is 27.3 Å². The predicted octanol–water partition coefficient (Wildman–Crippen LogP) is 4.67. The first-order valence-corrected chi connectivity index (χ1v) is 9.72. The van der Waals surface area contributed by atoms with Gasteiger partial charge in [-0.25, -0.2) is 8.42 Å². The van der Waals surface area contributed by atoms with E-state index >= 15 is 0 Å². The van der Waals surface area contributed by atoms with Crippen molar-refractivity contribution in [3.8, 4) is 11.5 Å². The number of halogens is 1. The van der Waals surface area contributed by atoms with Gasteiger partial charge in [0.15, 0.2) is 0 Å². The highest BCUT2D eigenvalue weighted by Crippen LogP contribution is 2.37. The van der Waals surface area contributed by atoms with Crippen LogP contribution in [0.5, 0.6) is 11.5 Å². The second-order valence-corrected chi connectivity index (χ2v) is 7.76. The fourth-order valence-electron chi connectivity index (χ4n) is 2.35. The first kappa shape index (κ1) is 19.4. The minimum atomic E-state index is -3.76. The molecule has 5 nitrogen and oxygen atoms in total. The van der Waals surface area contributed by atoms with Gasteiger partial charge in [-0.2, -0.15) is 0 Å². The van der Waals surface area contributed by atoms with Crippen molar-refractivity contribution in [2.24, 2.45) is 0 Å². The molecule has 0 spiro atoms. The van der Waals surface area contributed by atoms with Gasteiger partial charge in [0, 0.05) is 6.07 Å². The highest BCUT2D eigenvalue weighted by Gasteiger charge is 2.19. The van der Waals surface area contributed by atoms with Crippen LogP contribution in [0.25, 0.3) is 0 Å². The van der Waals surface area contributed by atoms with E-state index < -0.39 is 10.0 Å². The molecule has 1 unspecified atom stereocenters. The van der Waals surface area contributed by atoms with Crippen molar-refractivity contribution in [1.29, 1.82) is 0 Å². The Labute approximate surface area is 154 Å². The molecule has 1 atom stereocenters. The molecule has 2 aromatic carbocycles. The van der Waals surface area contributed by atoms with Crippen LogP contribution >= 0.6 is 11.6 Å². The summed E-state index contributed by atoms with van der Waals surface area (Å²) in [4.78, 5) is 0.175. The van der Waals surface area contributed by atoms with Gasteiger partial charge in [-0.05, 0) is 36.1 Å². The number of hydrogen-bond donors (Lipinski definition) is 1. The van der Waals surface area contributed by atoms with E-state index in [0.29, 0.717) is 17.4 Å². The first-order chi connectivity index (χ1) is 11.8. The lowest BCUT2D eigenvalue weighted by molar-refractivity contribution is 0.396. The van der Waals surface area contributed by atoms with Crippen molar-refractivity contribution in [2.45, 2.75) is 31.1 Å². The van der Waals surface area contributed by atoms with Gasteiger partial charge in [-0.3, -0.25) is 4.72 Å². The predicted molar refractivity (Wildman–Crippen MR) is 101 cm³/mol. The number of sulfonamides is 1. The molecule has 25 heavy (non-hydrogen) atoms. The van der Waals surface area contributed by atoms with Crippen LogP contribution in [-0.2, 0) is 10.0 Å². The van der Waals surface area contributed by atoms with E-state index in [9.17, 15) is 8.42 Å². The van der Waals surface area contributed by atoms with Crippen LogP contribution in [0, 0.1) is 0 Å². The maximum atomic E-state index is 12.6. The van der Waals surface area contributed by atoms with E-state index in [0.717, 1.165) is 12.0 Å². The maximum absolute atomic E-state index is 12.6. The highest BCUT2D eigenvalue weighted by molar-refractivity contribution is 7.92. The molecule has 2 aromatic rings. The Morgan fingerprint density at radius 3 is 2.20 bits per heavy atom. The number of nitrogens with one attached hydrogen (secondary N) is 1. The number of benzene rings is 2. The van der Waals surface area contributed by atoms with E-state index in [1.54, 1.807) is 12.1 Å². The molecule has 0 saturated carbocycles. The van der Waals surface area contributed by atoms with E-state index in [-0.39, 0.29) is 15.6 Å². The molecule has 0 amide bonds. The van der Waals surface area contributed by atoms with Gasteiger partial charge in [0.2, 0.25) is 0 Å². The average Bonchev–Trinajstić information content (AvgIpc) is 2.61. The topological polar surface area (TPSA) is 64.6 Å². The summed E-state index contributed by atoms with van der Waals surface area (Å²) < 4.78 is 38.1. The van der Waals surface area contributed by atoms with Crippen LogP contribution in [0.2, 0.25) is 5.02 Å². The lowest BCUT2D eigenvalue weighted by Gasteiger charge is -2.15. The first-order valence-electron chi connectivity index (χ1n) is 7.86. The van der Waals surface area contributed by atoms with Gasteiger partial charge < -0.3 is 9.47 Å². The molecule has 0 fully saturated rings. The molecule has 0 aliphatic heterocycles. The number of methoxy groups -OCH3 is 2. The second-order valence-electron chi connectivity index (χ2n) is 5.67. The highest BCUT2D eigenvalue weighted by atomic mass is 35.5. The Morgan fingerprint density at radius 1 is 1.08 bits per heavy atom. The molecule has 136 valence electrons. The third kappa shape index (κ3) is 4.38. The second kappa shape index (κ2) is 7.97. The number of ether oxygens (including phenoxy) is 2. The Bertz CT molecular complexity index is 835. The van der Waals surface area contributed by atoms with Crippen molar-refractivity contribution in [3.05, 3.63) is 47.0 Å². The molecule has 1 N–H and O–H groups in total. The molecule has 0 aliphatic carbocycles. The van der Waals surface area contributed by atoms with Crippen LogP contribution in [0.3, 0.4) is 0 Å². The van der Waals surface area contributed by atoms with E-state index in [1.807, 2.05) is 12.1 Å². The zero-order chi connectivity index (χ0) is 18.6. The molecule has 0 heterocycles. The van der Waals surface area contributed by atoms with Crippen LogP contribution < -0.4 is 14.2 Å². The molecule has 0 aromatic heterocycles. The third-order valence-corrected chi connectivity index (χ3v) is 5.77. The third-order valence-electron chi connectivity index (χ3n) is 4.09. The monoisotopic (exact) mass is 383 g/mol. The standard InChI is InChI=1S/C18H22ClNO4S/c1-5-12(2)13-6-8-14(9-7-13)25(21,22)20-16-10-15(19)17(23-3)11-18(16)24-4/h6-12,20H,5H2,1-4H3. The van der Waals surface area contributed by atoms with E-state index in [2.05, 4.69) is 18.6 Å². The molecule has 0 saturated heterocycles. The summed E-state index contributed by atoms with van der Waals surface area (Å²) in [6.07, 6.45) is 0.992. The molecule has 0 radical (unpaired) electrons. The molecular formula is C18H22ClNO4S. The summed E-state index contributed by atoms with van der Waals surface area (Å²) in [5, 5.41) is 0.285. The molecule has 0 bridgehead atoms. The minimum Gasteiger partial charge on any atom is -0.495 e. The fourth-order valence-corrected chi connectivity index (χ4v) is 3.66. The summed E-state index contributed by atoms with van der Waals surface area (Å²) >= 11 is 6.09. The molecule has 7 heteroatoms.